The zero-order valence-electron chi connectivity index (χ0n) is 67.7. The summed E-state index contributed by atoms with van der Waals surface area (Å²) >= 11 is 0. The van der Waals surface area contributed by atoms with Gasteiger partial charge in [-0.1, -0.05) is 314 Å². The van der Waals surface area contributed by atoms with Gasteiger partial charge in [-0.25, -0.2) is 0 Å². The molecule has 0 amide bonds. The quantitative estimate of drug-likeness (QED) is 0.0182. The maximum atomic E-state index is 13.8. The average Bonchev–Trinajstić information content (AvgIpc) is 1.64. The van der Waals surface area contributed by atoms with E-state index in [1.54, 1.807) is 0 Å². The molecule has 0 bridgehead atoms. The van der Waals surface area contributed by atoms with Crippen LogP contribution < -0.4 is 0 Å². The summed E-state index contributed by atoms with van der Waals surface area (Å²) in [7, 11) is 0. The molecule has 2 aliphatic heterocycles. The molecule has 0 N–H and O–H groups in total. The van der Waals surface area contributed by atoms with Crippen LogP contribution in [0.15, 0.2) is 72.9 Å². The lowest BCUT2D eigenvalue weighted by Crippen LogP contribution is -2.30. The minimum atomic E-state index is -0.918. The Bertz CT molecular complexity index is 2460. The van der Waals surface area contributed by atoms with Gasteiger partial charge in [0.25, 0.3) is 0 Å². The van der Waals surface area contributed by atoms with E-state index >= 15 is 0 Å². The first kappa shape index (κ1) is 96.3. The normalized spacial score (nSPS) is 17.0. The van der Waals surface area contributed by atoms with Gasteiger partial charge in [0.05, 0.1) is 37.2 Å². The van der Waals surface area contributed by atoms with Gasteiger partial charge in [-0.15, -0.1) is 0 Å². The Morgan fingerprint density at radius 3 is 1.30 bits per heavy atom. The van der Waals surface area contributed by atoms with Crippen LogP contribution in [0, 0.1) is 41.4 Å². The minimum absolute atomic E-state index is 0.0238. The fourth-order valence-corrected chi connectivity index (χ4v) is 13.9. The van der Waals surface area contributed by atoms with Crippen LogP contribution in [0.1, 0.15) is 369 Å². The van der Waals surface area contributed by atoms with Gasteiger partial charge in [0.15, 0.2) is 6.10 Å². The van der Waals surface area contributed by atoms with Crippen LogP contribution in [0.5, 0.6) is 0 Å². The molecule has 2 saturated heterocycles. The molecule has 2 rings (SSSR count). The van der Waals surface area contributed by atoms with Crippen molar-refractivity contribution in [3.8, 4) is 0 Å². The molecular weight excluding hydrogens is 1340 g/mol. The monoisotopic (exact) mass is 1490 g/mol. The van der Waals surface area contributed by atoms with E-state index in [9.17, 15) is 38.4 Å². The fourth-order valence-electron chi connectivity index (χ4n) is 13.9. The van der Waals surface area contributed by atoms with Crippen molar-refractivity contribution in [2.45, 2.75) is 375 Å². The van der Waals surface area contributed by atoms with Crippen LogP contribution in [0.3, 0.4) is 0 Å². The number of rotatable bonds is 69. The van der Waals surface area contributed by atoms with Gasteiger partial charge in [0.2, 0.25) is 13.6 Å². The number of esters is 8. The van der Waals surface area contributed by atoms with Crippen LogP contribution in [0.25, 0.3) is 0 Å². The number of unbranched alkanes of at least 4 members (excludes halogenated alkanes) is 33. The molecule has 106 heavy (non-hydrogen) atoms. The van der Waals surface area contributed by atoms with Crippen molar-refractivity contribution in [1.29, 1.82) is 0 Å². The van der Waals surface area contributed by atoms with Crippen LogP contribution >= 0.6 is 0 Å². The lowest BCUT2D eigenvalue weighted by molar-refractivity contribution is -0.167. The Kier molecular flexibility index (Phi) is 62.2. The summed E-state index contributed by atoms with van der Waals surface area (Å²) in [4.78, 5) is 102. The number of cyclic esters (lactones) is 4. The standard InChI is InChI=1S/C90H150O16/c1-7-12-16-19-22-32-40-50-59-76(58-49-39-20-17-13-8-2)70-101-88(96)75(6)78(61-52-41-21-18-14-9-3)62-53-43-37-38-47-57-67-85(93)106-80(71-99-83(91)65-55-45-35-30-26-24-23-25-28-33-42-51-60-77(11-5)81-68-86(94)102-73-104-89(81)97)72-100-84(92)66-56-46-36-31-27-29-34-44-54-64-79(63-48-15-10-4)82-69-87(95)103-74-105-90(82)98/h23,25,33-34,42,44,51,53-54,60,62,64,75-82H,7-22,24,26-32,35-41,43,45-50,52,55-59,61,63,65-74H2,1-6H3/b25-23-,42-33-,44-34-,60-51+,62-53+,64-54+. The lowest BCUT2D eigenvalue weighted by atomic mass is 9.85. The van der Waals surface area contributed by atoms with E-state index in [0.717, 1.165) is 148 Å². The van der Waals surface area contributed by atoms with E-state index < -0.39 is 41.8 Å². The molecule has 0 radical (unpaired) electrons. The summed E-state index contributed by atoms with van der Waals surface area (Å²) in [6, 6.07) is 0. The molecule has 0 aromatic heterocycles. The highest BCUT2D eigenvalue weighted by atomic mass is 16.7. The maximum absolute atomic E-state index is 13.8. The van der Waals surface area contributed by atoms with Crippen LogP contribution in [0.4, 0.5) is 0 Å². The van der Waals surface area contributed by atoms with Crippen LogP contribution in [0.2, 0.25) is 0 Å². The van der Waals surface area contributed by atoms with E-state index in [2.05, 4.69) is 65.0 Å². The van der Waals surface area contributed by atoms with Gasteiger partial charge in [-0.3, -0.25) is 38.4 Å². The van der Waals surface area contributed by atoms with Crippen molar-refractivity contribution < 1.29 is 76.3 Å². The summed E-state index contributed by atoms with van der Waals surface area (Å²) in [5.74, 6) is -3.78. The molecule has 16 heteroatoms. The lowest BCUT2D eigenvalue weighted by Gasteiger charge is -2.22. The van der Waals surface area contributed by atoms with E-state index in [1.165, 1.54) is 122 Å². The van der Waals surface area contributed by atoms with Gasteiger partial charge in [-0.05, 0) is 120 Å². The largest absolute Gasteiger partial charge is 0.465 e. The molecule has 2 heterocycles. The molecule has 2 fully saturated rings. The Morgan fingerprint density at radius 1 is 0.387 bits per heavy atom. The van der Waals surface area contributed by atoms with Gasteiger partial charge in [0.1, 0.15) is 13.2 Å². The topological polar surface area (TPSA) is 210 Å². The smallest absolute Gasteiger partial charge is 0.313 e. The number of carbonyl (C=O) groups excluding carboxylic acids is 8. The summed E-state index contributed by atoms with van der Waals surface area (Å²) in [5.41, 5.74) is 0. The van der Waals surface area contributed by atoms with Crippen LogP contribution in [-0.4, -0.2) is 87.3 Å². The highest BCUT2D eigenvalue weighted by Gasteiger charge is 2.34. The SMILES string of the molecule is CCCCCCCCCCC(CCCCCCCC)COC(=O)C(C)C(/C=C/CCCCCCC(=O)OC(COC(=O)CCCCCCC/C=C\C=C\C(CCCCC)C1CC(=O)OCOC1=O)COC(=O)CCCCCCC/C=C\C/C=C\C=C\C(CC)C1CC(=O)OCOC1=O)CCCCCCCC. The molecule has 0 aromatic carbocycles. The second-order valence-corrected chi connectivity index (χ2v) is 30.2. The molecule has 2 aliphatic rings. The Hall–Kier alpha value is -5.80. The van der Waals surface area contributed by atoms with Crippen molar-refractivity contribution in [3.05, 3.63) is 72.9 Å². The molecule has 0 spiro atoms. The first-order valence-corrected chi connectivity index (χ1v) is 43.1. The van der Waals surface area contributed by atoms with E-state index in [1.807, 2.05) is 49.5 Å². The second kappa shape index (κ2) is 68.5. The van der Waals surface area contributed by atoms with Crippen molar-refractivity contribution in [2.24, 2.45) is 41.4 Å². The summed E-state index contributed by atoms with van der Waals surface area (Å²) in [6.07, 6.45) is 73.8. The zero-order valence-corrected chi connectivity index (χ0v) is 67.7. The van der Waals surface area contributed by atoms with Crippen molar-refractivity contribution in [2.75, 3.05) is 33.4 Å². The summed E-state index contributed by atoms with van der Waals surface area (Å²) in [6.45, 7) is 12.5. The molecule has 16 nitrogen and oxygen atoms in total. The first-order valence-electron chi connectivity index (χ1n) is 43.1. The molecule has 0 aromatic rings. The predicted molar refractivity (Wildman–Crippen MR) is 426 cm³/mol. The highest BCUT2D eigenvalue weighted by Crippen LogP contribution is 2.30. The third-order valence-corrected chi connectivity index (χ3v) is 20.9. The highest BCUT2D eigenvalue weighted by molar-refractivity contribution is 5.82. The van der Waals surface area contributed by atoms with Gasteiger partial charge in [-0.2, -0.15) is 0 Å². The molecule has 8 atom stereocenters. The molecular formula is C90H150O16. The number of hydrogen-bond acceptors (Lipinski definition) is 16. The molecule has 0 saturated carbocycles. The first-order chi connectivity index (χ1) is 51.8. The fraction of sp³-hybridized carbons (Fsp3) is 0.778. The molecule has 0 aliphatic carbocycles. The summed E-state index contributed by atoms with van der Waals surface area (Å²) in [5, 5.41) is 0. The molecule has 606 valence electrons. The second-order valence-electron chi connectivity index (χ2n) is 30.2. The van der Waals surface area contributed by atoms with Crippen LogP contribution in [-0.2, 0) is 76.3 Å². The number of ether oxygens (including phenoxy) is 8. The third kappa shape index (κ3) is 53.1. The summed E-state index contributed by atoms with van der Waals surface area (Å²) < 4.78 is 43.4. The van der Waals surface area contributed by atoms with Gasteiger partial charge < -0.3 is 37.9 Å². The Labute approximate surface area is 643 Å². The Balaban J connectivity index is 1.91. The van der Waals surface area contributed by atoms with Gasteiger partial charge in [0, 0.05) is 19.3 Å². The van der Waals surface area contributed by atoms with Gasteiger partial charge >= 0.3 is 47.8 Å². The minimum Gasteiger partial charge on any atom is -0.465 e. The molecule has 8 unspecified atom stereocenters. The number of hydrogen-bond donors (Lipinski definition) is 0. The van der Waals surface area contributed by atoms with Crippen molar-refractivity contribution in [3.63, 3.8) is 0 Å². The van der Waals surface area contributed by atoms with Crippen molar-refractivity contribution >= 4 is 47.8 Å². The number of allylic oxidation sites excluding steroid dienone is 12. The average molecular weight is 1490 g/mol. The Morgan fingerprint density at radius 2 is 0.792 bits per heavy atom. The van der Waals surface area contributed by atoms with Crippen molar-refractivity contribution in [1.82, 2.24) is 0 Å². The third-order valence-electron chi connectivity index (χ3n) is 20.9. The van der Waals surface area contributed by atoms with E-state index in [4.69, 9.17) is 37.9 Å². The maximum Gasteiger partial charge on any atom is 0.313 e. The van der Waals surface area contributed by atoms with E-state index in [0.29, 0.717) is 38.2 Å². The van der Waals surface area contributed by atoms with E-state index in [-0.39, 0.29) is 106 Å². The predicted octanol–water partition coefficient (Wildman–Crippen LogP) is 23.3. The zero-order chi connectivity index (χ0) is 77.0. The number of carbonyl (C=O) groups is 8.